The van der Waals surface area contributed by atoms with Crippen LogP contribution >= 0.6 is 0 Å². The van der Waals surface area contributed by atoms with Crippen molar-refractivity contribution < 1.29 is 9.53 Å². The topological polar surface area (TPSA) is 44.8 Å². The maximum absolute atomic E-state index is 12.4. The van der Waals surface area contributed by atoms with Gasteiger partial charge < -0.3 is 15.0 Å². The van der Waals surface area contributed by atoms with Crippen molar-refractivity contribution in [2.24, 2.45) is 0 Å². The maximum atomic E-state index is 12.4. The summed E-state index contributed by atoms with van der Waals surface area (Å²) in [5.41, 5.74) is 2.06. The van der Waals surface area contributed by atoms with E-state index in [0.717, 1.165) is 38.4 Å². The Labute approximate surface area is 163 Å². The van der Waals surface area contributed by atoms with Crippen molar-refractivity contribution >= 4 is 11.7 Å². The van der Waals surface area contributed by atoms with Gasteiger partial charge in [0.15, 0.2) is 0 Å². The minimum absolute atomic E-state index is 0.0289. The molecular formula is C22H31N3O2. The first-order valence-electron chi connectivity index (χ1n) is 9.55. The molecule has 0 saturated carbocycles. The smallest absolute Gasteiger partial charge is 0.321 e. The van der Waals surface area contributed by atoms with Gasteiger partial charge in [-0.25, -0.2) is 4.79 Å². The number of piperazine rings is 1. The molecule has 0 unspecified atom stereocenters. The van der Waals surface area contributed by atoms with Gasteiger partial charge >= 0.3 is 6.03 Å². The first-order valence-corrected chi connectivity index (χ1v) is 9.55. The average molecular weight is 370 g/mol. The third-order valence-corrected chi connectivity index (χ3v) is 4.21. The first kappa shape index (κ1) is 20.8. The zero-order valence-electron chi connectivity index (χ0n) is 16.6. The van der Waals surface area contributed by atoms with Gasteiger partial charge in [0.1, 0.15) is 0 Å². The zero-order chi connectivity index (χ0) is 19.5. The molecule has 27 heavy (non-hydrogen) atoms. The van der Waals surface area contributed by atoms with Crippen LogP contribution in [0.25, 0.3) is 0 Å². The molecule has 1 aliphatic rings. The summed E-state index contributed by atoms with van der Waals surface area (Å²) in [6.07, 6.45) is 10.1. The Hall–Kier alpha value is -2.53. The minimum Gasteiger partial charge on any atom is -0.499 e. The number of urea groups is 1. The molecule has 0 radical (unpaired) electrons. The highest BCUT2D eigenvalue weighted by Gasteiger charge is 2.21. The largest absolute Gasteiger partial charge is 0.499 e. The number of anilines is 1. The van der Waals surface area contributed by atoms with E-state index in [1.54, 1.807) is 6.26 Å². The van der Waals surface area contributed by atoms with Crippen LogP contribution in [0.3, 0.4) is 0 Å². The van der Waals surface area contributed by atoms with E-state index < -0.39 is 0 Å². The summed E-state index contributed by atoms with van der Waals surface area (Å²) in [7, 11) is 0. The number of benzene rings is 1. The van der Waals surface area contributed by atoms with E-state index in [-0.39, 0.29) is 12.1 Å². The fraction of sp³-hybridized carbons (Fsp3) is 0.409. The highest BCUT2D eigenvalue weighted by Crippen LogP contribution is 2.10. The first-order chi connectivity index (χ1) is 13.1. The van der Waals surface area contributed by atoms with Crippen molar-refractivity contribution in [1.82, 2.24) is 9.80 Å². The number of ether oxygens (including phenoxy) is 1. The van der Waals surface area contributed by atoms with Gasteiger partial charge in [0.05, 0.1) is 12.4 Å². The summed E-state index contributed by atoms with van der Waals surface area (Å²) in [6, 6.07) is 9.55. The Balaban J connectivity index is 1.82. The lowest BCUT2D eigenvalue weighted by atomic mass is 10.2. The van der Waals surface area contributed by atoms with Gasteiger partial charge in [-0.1, -0.05) is 36.4 Å². The Kier molecular flexibility index (Phi) is 8.65. The van der Waals surface area contributed by atoms with E-state index in [1.807, 2.05) is 68.2 Å². The van der Waals surface area contributed by atoms with Crippen molar-refractivity contribution in [1.29, 1.82) is 0 Å². The molecule has 0 aliphatic carbocycles. The van der Waals surface area contributed by atoms with Gasteiger partial charge in [0.2, 0.25) is 0 Å². The number of rotatable bonds is 7. The van der Waals surface area contributed by atoms with Crippen LogP contribution in [0.15, 0.2) is 66.5 Å². The predicted molar refractivity (Wildman–Crippen MR) is 112 cm³/mol. The predicted octanol–water partition coefficient (Wildman–Crippen LogP) is 4.28. The number of allylic oxidation sites excluding steroid dienone is 3. The molecule has 1 aromatic rings. The quantitative estimate of drug-likeness (QED) is 0.576. The number of nitrogens with one attached hydrogen (secondary N) is 1. The van der Waals surface area contributed by atoms with Gasteiger partial charge in [0.25, 0.3) is 0 Å². The van der Waals surface area contributed by atoms with Crippen molar-refractivity contribution in [2.45, 2.75) is 26.9 Å². The third kappa shape index (κ3) is 7.71. The van der Waals surface area contributed by atoms with Crippen LogP contribution in [0.5, 0.6) is 0 Å². The summed E-state index contributed by atoms with van der Waals surface area (Å²) >= 11 is 0. The standard InChI is InChI=1S/C22H31N3O2/c1-4-9-20(10-8-17-27-19(2)3)18-24-13-15-25(16-14-24)22(26)23-21-11-6-5-7-12-21/h4-12,17,19H,13-16,18H2,1-3H3,(H,23,26)/b9-4-,17-8+,20-10+. The van der Waals surface area contributed by atoms with Crippen LogP contribution in [0.4, 0.5) is 10.5 Å². The van der Waals surface area contributed by atoms with E-state index in [2.05, 4.69) is 22.4 Å². The molecule has 1 heterocycles. The maximum Gasteiger partial charge on any atom is 0.321 e. The van der Waals surface area contributed by atoms with Crippen molar-refractivity contribution in [3.05, 3.63) is 66.5 Å². The Morgan fingerprint density at radius 3 is 2.52 bits per heavy atom. The molecule has 0 spiro atoms. The second-order valence-electron chi connectivity index (χ2n) is 6.81. The summed E-state index contributed by atoms with van der Waals surface area (Å²) in [4.78, 5) is 16.6. The highest BCUT2D eigenvalue weighted by atomic mass is 16.5. The van der Waals surface area contributed by atoms with Gasteiger partial charge in [-0.05, 0) is 44.6 Å². The molecule has 146 valence electrons. The molecule has 2 amide bonds. The number of hydrogen-bond donors (Lipinski definition) is 1. The molecule has 5 nitrogen and oxygen atoms in total. The van der Waals surface area contributed by atoms with Gasteiger partial charge in [-0.15, -0.1) is 0 Å². The summed E-state index contributed by atoms with van der Waals surface area (Å²) in [6.45, 7) is 10.1. The van der Waals surface area contributed by atoms with E-state index >= 15 is 0 Å². The Bertz CT molecular complexity index is 657. The van der Waals surface area contributed by atoms with Crippen LogP contribution in [0, 0.1) is 0 Å². The minimum atomic E-state index is -0.0289. The monoisotopic (exact) mass is 369 g/mol. The summed E-state index contributed by atoms with van der Waals surface area (Å²) < 4.78 is 5.44. The number of carbonyl (C=O) groups is 1. The number of para-hydroxylation sites is 1. The summed E-state index contributed by atoms with van der Waals surface area (Å²) in [5, 5.41) is 2.95. The van der Waals surface area contributed by atoms with Crippen molar-refractivity contribution in [3.63, 3.8) is 0 Å². The Morgan fingerprint density at radius 2 is 1.89 bits per heavy atom. The lowest BCUT2D eigenvalue weighted by Gasteiger charge is -2.34. The van der Waals surface area contributed by atoms with Gasteiger partial charge in [-0.2, -0.15) is 0 Å². The van der Waals surface area contributed by atoms with E-state index in [0.29, 0.717) is 0 Å². The third-order valence-electron chi connectivity index (χ3n) is 4.21. The number of hydrogen-bond acceptors (Lipinski definition) is 3. The second-order valence-corrected chi connectivity index (χ2v) is 6.81. The SMILES string of the molecule is C\C=C/C(=C\C=C\OC(C)C)CN1CCN(C(=O)Nc2ccccc2)CC1. The molecule has 1 N–H and O–H groups in total. The Morgan fingerprint density at radius 1 is 1.19 bits per heavy atom. The van der Waals surface area contributed by atoms with Crippen molar-refractivity contribution in [2.75, 3.05) is 38.0 Å². The second kappa shape index (κ2) is 11.2. The van der Waals surface area contributed by atoms with E-state index in [1.165, 1.54) is 5.57 Å². The molecule has 0 atom stereocenters. The fourth-order valence-corrected chi connectivity index (χ4v) is 2.83. The summed E-state index contributed by atoms with van der Waals surface area (Å²) in [5.74, 6) is 0. The number of nitrogens with zero attached hydrogens (tertiary/aromatic N) is 2. The number of carbonyl (C=O) groups excluding carboxylic acids is 1. The van der Waals surface area contributed by atoms with Crippen LogP contribution in [-0.2, 0) is 4.74 Å². The molecule has 1 aliphatic heterocycles. The molecule has 2 rings (SSSR count). The lowest BCUT2D eigenvalue weighted by Crippen LogP contribution is -2.50. The van der Waals surface area contributed by atoms with Gasteiger partial charge in [-0.3, -0.25) is 4.90 Å². The van der Waals surface area contributed by atoms with E-state index in [4.69, 9.17) is 4.74 Å². The molecule has 0 bridgehead atoms. The molecule has 1 aromatic carbocycles. The molecular weight excluding hydrogens is 338 g/mol. The zero-order valence-corrected chi connectivity index (χ0v) is 16.6. The highest BCUT2D eigenvalue weighted by molar-refractivity contribution is 5.89. The van der Waals surface area contributed by atoms with Crippen LogP contribution < -0.4 is 5.32 Å². The molecule has 1 fully saturated rings. The normalized spacial score (nSPS) is 16.4. The average Bonchev–Trinajstić information content (AvgIpc) is 2.66. The van der Waals surface area contributed by atoms with Gasteiger partial charge in [0, 0.05) is 38.4 Å². The van der Waals surface area contributed by atoms with Crippen LogP contribution in [-0.4, -0.2) is 54.7 Å². The van der Waals surface area contributed by atoms with Crippen molar-refractivity contribution in [3.8, 4) is 0 Å². The van der Waals surface area contributed by atoms with Crippen LogP contribution in [0.2, 0.25) is 0 Å². The molecule has 0 aromatic heterocycles. The fourth-order valence-electron chi connectivity index (χ4n) is 2.83. The van der Waals surface area contributed by atoms with E-state index in [9.17, 15) is 4.79 Å². The lowest BCUT2D eigenvalue weighted by molar-refractivity contribution is 0.154. The molecule has 5 heteroatoms. The number of amides is 2. The van der Waals surface area contributed by atoms with Crippen LogP contribution in [0.1, 0.15) is 20.8 Å². The molecule has 1 saturated heterocycles.